The highest BCUT2D eigenvalue weighted by Crippen LogP contribution is 2.23. The molecule has 4 rings (SSSR count). The number of nitrogens with one attached hydrogen (secondary N) is 1. The smallest absolute Gasteiger partial charge is 0.227 e. The van der Waals surface area contributed by atoms with Crippen LogP contribution in [0.3, 0.4) is 0 Å². The van der Waals surface area contributed by atoms with E-state index < -0.39 is 0 Å². The average molecular weight is 378 g/mol. The van der Waals surface area contributed by atoms with Gasteiger partial charge in [0.15, 0.2) is 0 Å². The third kappa shape index (κ3) is 4.68. The van der Waals surface area contributed by atoms with Crippen LogP contribution in [-0.2, 0) is 6.54 Å². The van der Waals surface area contributed by atoms with Gasteiger partial charge in [-0.3, -0.25) is 0 Å². The van der Waals surface area contributed by atoms with Crippen LogP contribution in [0.2, 0.25) is 0 Å². The van der Waals surface area contributed by atoms with Crippen molar-refractivity contribution >= 4 is 23.0 Å². The summed E-state index contributed by atoms with van der Waals surface area (Å²) >= 11 is 1.55. The van der Waals surface area contributed by atoms with Gasteiger partial charge >= 0.3 is 0 Å². The van der Waals surface area contributed by atoms with E-state index in [2.05, 4.69) is 25.3 Å². The Morgan fingerprint density at radius 3 is 2.96 bits per heavy atom. The quantitative estimate of drug-likeness (QED) is 0.467. The molecule has 4 aromatic rings. The molecule has 3 aromatic heterocycles. The average Bonchev–Trinajstić information content (AvgIpc) is 3.40. The summed E-state index contributed by atoms with van der Waals surface area (Å²) in [6, 6.07) is 9.63. The first-order chi connectivity index (χ1) is 13.4. The molecule has 27 heavy (non-hydrogen) atoms. The number of imidazole rings is 1. The molecule has 0 radical (unpaired) electrons. The van der Waals surface area contributed by atoms with E-state index in [1.54, 1.807) is 29.9 Å². The highest BCUT2D eigenvalue weighted by Gasteiger charge is 2.05. The first kappa shape index (κ1) is 17.2. The number of anilines is 2. The Labute approximate surface area is 160 Å². The molecule has 0 aliphatic carbocycles. The number of hydrogen-bond donors (Lipinski definition) is 1. The molecule has 136 valence electrons. The van der Waals surface area contributed by atoms with Crippen molar-refractivity contribution in [1.29, 1.82) is 0 Å². The molecule has 0 aliphatic rings. The maximum Gasteiger partial charge on any atom is 0.227 e. The summed E-state index contributed by atoms with van der Waals surface area (Å²) in [7, 11) is 0. The van der Waals surface area contributed by atoms with Crippen molar-refractivity contribution in [3.63, 3.8) is 0 Å². The molecule has 0 aliphatic heterocycles. The van der Waals surface area contributed by atoms with E-state index in [0.717, 1.165) is 35.1 Å². The highest BCUT2D eigenvalue weighted by atomic mass is 32.1. The van der Waals surface area contributed by atoms with Crippen LogP contribution in [0.1, 0.15) is 6.42 Å². The second-order valence-corrected chi connectivity index (χ2v) is 6.65. The Bertz CT molecular complexity index is 972. The maximum absolute atomic E-state index is 5.84. The number of hydrogen-bond acceptors (Lipinski definition) is 7. The van der Waals surface area contributed by atoms with E-state index in [-0.39, 0.29) is 0 Å². The molecule has 0 bridgehead atoms. The summed E-state index contributed by atoms with van der Waals surface area (Å²) in [5.74, 6) is 1.33. The molecule has 1 N–H and O–H groups in total. The lowest BCUT2D eigenvalue weighted by molar-refractivity contribution is 0.302. The minimum Gasteiger partial charge on any atom is -0.493 e. The minimum atomic E-state index is 0.528. The van der Waals surface area contributed by atoms with Gasteiger partial charge in [0, 0.05) is 48.5 Å². The van der Waals surface area contributed by atoms with Crippen LogP contribution in [0.15, 0.2) is 66.8 Å². The van der Waals surface area contributed by atoms with Crippen LogP contribution in [0, 0.1) is 0 Å². The Morgan fingerprint density at radius 1 is 1.11 bits per heavy atom. The molecule has 0 saturated heterocycles. The van der Waals surface area contributed by atoms with Crippen molar-refractivity contribution < 1.29 is 4.74 Å². The first-order valence-electron chi connectivity index (χ1n) is 8.55. The Morgan fingerprint density at radius 2 is 2.11 bits per heavy atom. The first-order valence-corrected chi connectivity index (χ1v) is 9.43. The van der Waals surface area contributed by atoms with Gasteiger partial charge in [-0.1, -0.05) is 6.07 Å². The molecule has 0 fully saturated rings. The molecule has 8 heteroatoms. The molecule has 0 unspecified atom stereocenters. The van der Waals surface area contributed by atoms with E-state index in [4.69, 9.17) is 4.74 Å². The Balaban J connectivity index is 1.35. The van der Waals surface area contributed by atoms with Gasteiger partial charge in [0.1, 0.15) is 16.5 Å². The fourth-order valence-corrected chi connectivity index (χ4v) is 3.14. The highest BCUT2D eigenvalue weighted by molar-refractivity contribution is 7.13. The summed E-state index contributed by atoms with van der Waals surface area (Å²) in [5, 5.41) is 6.02. The molecule has 1 aromatic carbocycles. The SMILES string of the molecule is c1cc(Nc2nccc(-c3nccs3)n2)cc(OCCCn2ccnc2)c1. The lowest BCUT2D eigenvalue weighted by Crippen LogP contribution is -2.03. The standard InChI is InChI=1S/C19H18N6OS/c1-3-15(13-16(4-1)26-11-2-9-25-10-7-20-14-25)23-19-22-6-5-17(24-19)18-21-8-12-27-18/h1,3-8,10,12-14H,2,9,11H2,(H,22,23,24). The normalized spacial score (nSPS) is 10.7. The summed E-state index contributed by atoms with van der Waals surface area (Å²) in [5.41, 5.74) is 1.67. The number of nitrogens with zero attached hydrogens (tertiary/aromatic N) is 5. The Hall–Kier alpha value is -3.26. The monoisotopic (exact) mass is 378 g/mol. The van der Waals surface area contributed by atoms with E-state index in [1.807, 2.05) is 52.8 Å². The molecule has 0 spiro atoms. The summed E-state index contributed by atoms with van der Waals surface area (Å²) < 4.78 is 7.88. The minimum absolute atomic E-state index is 0.528. The zero-order chi connectivity index (χ0) is 18.3. The van der Waals surface area contributed by atoms with Crippen molar-refractivity contribution in [2.75, 3.05) is 11.9 Å². The van der Waals surface area contributed by atoms with E-state index in [0.29, 0.717) is 12.6 Å². The number of aromatic nitrogens is 5. The van der Waals surface area contributed by atoms with Gasteiger partial charge in [-0.15, -0.1) is 11.3 Å². The zero-order valence-corrected chi connectivity index (χ0v) is 15.3. The van der Waals surface area contributed by atoms with Gasteiger partial charge < -0.3 is 14.6 Å². The number of benzene rings is 1. The van der Waals surface area contributed by atoms with E-state index in [9.17, 15) is 0 Å². The van der Waals surface area contributed by atoms with Crippen molar-refractivity contribution in [2.24, 2.45) is 0 Å². The largest absolute Gasteiger partial charge is 0.493 e. The van der Waals surface area contributed by atoms with Crippen molar-refractivity contribution in [2.45, 2.75) is 13.0 Å². The van der Waals surface area contributed by atoms with Crippen LogP contribution in [0.4, 0.5) is 11.6 Å². The second-order valence-electron chi connectivity index (χ2n) is 5.76. The lowest BCUT2D eigenvalue weighted by Gasteiger charge is -2.09. The Kier molecular flexibility index (Phi) is 5.35. The third-order valence-corrected chi connectivity index (χ3v) is 4.58. The van der Waals surface area contributed by atoms with Gasteiger partial charge in [0.25, 0.3) is 0 Å². The number of rotatable bonds is 8. The lowest BCUT2D eigenvalue weighted by atomic mass is 10.3. The number of thiazole rings is 1. The molecule has 3 heterocycles. The topological polar surface area (TPSA) is 77.8 Å². The van der Waals surface area contributed by atoms with E-state index in [1.165, 1.54) is 0 Å². The molecule has 0 saturated carbocycles. The molecule has 0 atom stereocenters. The number of ether oxygens (including phenoxy) is 1. The summed E-state index contributed by atoms with van der Waals surface area (Å²) in [4.78, 5) is 17.1. The van der Waals surface area contributed by atoms with Crippen LogP contribution in [0.5, 0.6) is 5.75 Å². The van der Waals surface area contributed by atoms with Crippen molar-refractivity contribution in [1.82, 2.24) is 24.5 Å². The molecule has 0 amide bonds. The zero-order valence-electron chi connectivity index (χ0n) is 14.5. The number of aryl methyl sites for hydroxylation is 1. The molecular formula is C19H18N6OS. The fourth-order valence-electron chi connectivity index (χ4n) is 2.54. The second kappa shape index (κ2) is 8.41. The maximum atomic E-state index is 5.84. The van der Waals surface area contributed by atoms with Crippen LogP contribution in [-0.4, -0.2) is 31.1 Å². The van der Waals surface area contributed by atoms with Gasteiger partial charge in [-0.2, -0.15) is 0 Å². The van der Waals surface area contributed by atoms with Crippen molar-refractivity contribution in [3.05, 3.63) is 66.8 Å². The fraction of sp³-hybridized carbons (Fsp3) is 0.158. The summed E-state index contributed by atoms with van der Waals surface area (Å²) in [6.07, 6.45) is 9.94. The van der Waals surface area contributed by atoms with Gasteiger partial charge in [0.05, 0.1) is 12.9 Å². The van der Waals surface area contributed by atoms with Crippen LogP contribution in [0.25, 0.3) is 10.7 Å². The summed E-state index contributed by atoms with van der Waals surface area (Å²) in [6.45, 7) is 1.52. The van der Waals surface area contributed by atoms with E-state index >= 15 is 0 Å². The molecule has 7 nitrogen and oxygen atoms in total. The van der Waals surface area contributed by atoms with Gasteiger partial charge in [-0.05, 0) is 24.6 Å². The third-order valence-electron chi connectivity index (χ3n) is 3.79. The predicted octanol–water partition coefficient (Wildman–Crippen LogP) is 4.01. The van der Waals surface area contributed by atoms with Gasteiger partial charge in [-0.25, -0.2) is 19.9 Å². The molecular weight excluding hydrogens is 360 g/mol. The van der Waals surface area contributed by atoms with Gasteiger partial charge in [0.2, 0.25) is 5.95 Å². The predicted molar refractivity (Wildman–Crippen MR) is 105 cm³/mol. The van der Waals surface area contributed by atoms with Crippen LogP contribution >= 0.6 is 11.3 Å². The van der Waals surface area contributed by atoms with Crippen LogP contribution < -0.4 is 10.1 Å². The van der Waals surface area contributed by atoms with Crippen molar-refractivity contribution in [3.8, 4) is 16.5 Å².